The summed E-state index contributed by atoms with van der Waals surface area (Å²) in [4.78, 5) is 0. The van der Waals surface area contributed by atoms with Crippen molar-refractivity contribution in [3.63, 3.8) is 0 Å². The number of aliphatic hydroxyl groups is 1. The van der Waals surface area contributed by atoms with Crippen LogP contribution in [0.5, 0.6) is 11.5 Å². The van der Waals surface area contributed by atoms with Gasteiger partial charge in [0.15, 0.2) is 11.5 Å². The molecular formula is C16H22O3. The minimum Gasteiger partial charge on any atom is -0.490 e. The smallest absolute Gasteiger partial charge is 0.161 e. The Hall–Kier alpha value is -1.48. The van der Waals surface area contributed by atoms with E-state index in [1.165, 1.54) is 0 Å². The van der Waals surface area contributed by atoms with Gasteiger partial charge in [0.1, 0.15) is 6.10 Å². The molecule has 1 aliphatic rings. The van der Waals surface area contributed by atoms with E-state index in [9.17, 15) is 5.11 Å². The van der Waals surface area contributed by atoms with E-state index in [0.717, 1.165) is 36.1 Å². The molecule has 0 aromatic heterocycles. The van der Waals surface area contributed by atoms with E-state index >= 15 is 0 Å². The van der Waals surface area contributed by atoms with Crippen LogP contribution in [-0.4, -0.2) is 18.3 Å². The van der Waals surface area contributed by atoms with Crippen LogP contribution in [-0.2, 0) is 0 Å². The molecule has 0 saturated heterocycles. The molecule has 3 nitrogen and oxygen atoms in total. The lowest BCUT2D eigenvalue weighted by Crippen LogP contribution is -2.03. The Kier molecular flexibility index (Phi) is 4.86. The van der Waals surface area contributed by atoms with Crippen LogP contribution in [0.2, 0.25) is 0 Å². The van der Waals surface area contributed by atoms with Crippen molar-refractivity contribution in [1.29, 1.82) is 0 Å². The number of rotatable bonds is 6. The molecule has 0 aliphatic heterocycles. The third-order valence-electron chi connectivity index (χ3n) is 3.31. The zero-order valence-corrected chi connectivity index (χ0v) is 11.7. The van der Waals surface area contributed by atoms with Crippen LogP contribution >= 0.6 is 0 Å². The highest BCUT2D eigenvalue weighted by Crippen LogP contribution is 2.35. The molecule has 2 rings (SSSR count). The second-order valence-electron chi connectivity index (χ2n) is 4.65. The van der Waals surface area contributed by atoms with Crippen molar-refractivity contribution in [3.8, 4) is 11.5 Å². The summed E-state index contributed by atoms with van der Waals surface area (Å²) in [5.41, 5.74) is 1.99. The van der Waals surface area contributed by atoms with Gasteiger partial charge in [-0.15, -0.1) is 0 Å². The number of ether oxygens (including phenoxy) is 2. The lowest BCUT2D eigenvalue weighted by molar-refractivity contribution is 0.211. The Balaban J connectivity index is 2.23. The summed E-state index contributed by atoms with van der Waals surface area (Å²) in [6.45, 7) is 5.08. The highest BCUT2D eigenvalue weighted by molar-refractivity contribution is 5.45. The molecule has 19 heavy (non-hydrogen) atoms. The van der Waals surface area contributed by atoms with Crippen LogP contribution in [0.4, 0.5) is 0 Å². The summed E-state index contributed by atoms with van der Waals surface area (Å²) < 4.78 is 11.1. The van der Waals surface area contributed by atoms with Crippen LogP contribution < -0.4 is 9.47 Å². The molecule has 0 heterocycles. The number of hydrogen-bond acceptors (Lipinski definition) is 3. The quantitative estimate of drug-likeness (QED) is 0.796. The van der Waals surface area contributed by atoms with Crippen molar-refractivity contribution in [2.24, 2.45) is 0 Å². The van der Waals surface area contributed by atoms with E-state index in [1.54, 1.807) is 0 Å². The first-order valence-corrected chi connectivity index (χ1v) is 7.02. The largest absolute Gasteiger partial charge is 0.490 e. The first kappa shape index (κ1) is 13.9. The number of hydrogen-bond donors (Lipinski definition) is 1. The minimum atomic E-state index is -0.516. The van der Waals surface area contributed by atoms with Crippen molar-refractivity contribution in [1.82, 2.24) is 0 Å². The van der Waals surface area contributed by atoms with Crippen LogP contribution in [0.15, 0.2) is 29.8 Å². The molecule has 1 atom stereocenters. The maximum Gasteiger partial charge on any atom is 0.161 e. The van der Waals surface area contributed by atoms with E-state index in [-0.39, 0.29) is 0 Å². The molecule has 1 aliphatic carbocycles. The molecule has 0 bridgehead atoms. The second-order valence-corrected chi connectivity index (χ2v) is 4.65. The fourth-order valence-corrected chi connectivity index (χ4v) is 2.40. The molecule has 0 saturated carbocycles. The zero-order chi connectivity index (χ0) is 13.7. The predicted octanol–water partition coefficient (Wildman–Crippen LogP) is 3.63. The minimum absolute atomic E-state index is 0.516. The highest BCUT2D eigenvalue weighted by atomic mass is 16.5. The topological polar surface area (TPSA) is 38.7 Å². The maximum atomic E-state index is 10.4. The van der Waals surface area contributed by atoms with Crippen molar-refractivity contribution in [2.75, 3.05) is 13.2 Å². The van der Waals surface area contributed by atoms with Gasteiger partial charge in [-0.1, -0.05) is 12.1 Å². The zero-order valence-electron chi connectivity index (χ0n) is 11.7. The summed E-state index contributed by atoms with van der Waals surface area (Å²) in [6, 6.07) is 5.68. The average Bonchev–Trinajstić information content (AvgIpc) is 2.94. The van der Waals surface area contributed by atoms with Crippen molar-refractivity contribution >= 4 is 0 Å². The van der Waals surface area contributed by atoms with Crippen molar-refractivity contribution in [3.05, 3.63) is 35.4 Å². The summed E-state index contributed by atoms with van der Waals surface area (Å²) in [7, 11) is 0. The van der Waals surface area contributed by atoms with Gasteiger partial charge in [-0.05, 0) is 56.4 Å². The fraction of sp³-hybridized carbons (Fsp3) is 0.500. The van der Waals surface area contributed by atoms with Gasteiger partial charge in [0.25, 0.3) is 0 Å². The number of allylic oxidation sites excluding steroid dienone is 1. The molecule has 1 aromatic carbocycles. The summed E-state index contributed by atoms with van der Waals surface area (Å²) in [5, 5.41) is 10.4. The van der Waals surface area contributed by atoms with Gasteiger partial charge >= 0.3 is 0 Å². The van der Waals surface area contributed by atoms with Gasteiger partial charge in [0.2, 0.25) is 0 Å². The lowest BCUT2D eigenvalue weighted by Gasteiger charge is -2.16. The Morgan fingerprint density at radius 2 is 1.89 bits per heavy atom. The number of aliphatic hydroxyl groups excluding tert-OH is 1. The lowest BCUT2D eigenvalue weighted by atomic mass is 10.0. The number of benzene rings is 1. The fourth-order valence-electron chi connectivity index (χ4n) is 2.40. The molecule has 0 spiro atoms. The summed E-state index contributed by atoms with van der Waals surface area (Å²) >= 11 is 0. The van der Waals surface area contributed by atoms with Crippen LogP contribution in [0.3, 0.4) is 0 Å². The monoisotopic (exact) mass is 262 g/mol. The molecule has 0 radical (unpaired) electrons. The average molecular weight is 262 g/mol. The Morgan fingerprint density at radius 3 is 2.53 bits per heavy atom. The van der Waals surface area contributed by atoms with Gasteiger partial charge in [0, 0.05) is 0 Å². The molecule has 1 aromatic rings. The standard InChI is InChI=1S/C16H22O3/c1-3-18-14-10-9-13(11-15(14)19-4-2)16(17)12-7-5-6-8-12/h7,9-11,16-17H,3-6,8H2,1-2H3. The van der Waals surface area contributed by atoms with E-state index in [1.807, 2.05) is 32.0 Å². The van der Waals surface area contributed by atoms with E-state index < -0.39 is 6.10 Å². The van der Waals surface area contributed by atoms with Crippen LogP contribution in [0, 0.1) is 0 Å². The molecular weight excluding hydrogens is 240 g/mol. The van der Waals surface area contributed by atoms with Gasteiger partial charge in [-0.3, -0.25) is 0 Å². The molecule has 3 heteroatoms. The third-order valence-corrected chi connectivity index (χ3v) is 3.31. The van der Waals surface area contributed by atoms with Crippen molar-refractivity contribution in [2.45, 2.75) is 39.2 Å². The predicted molar refractivity (Wildman–Crippen MR) is 75.7 cm³/mol. The Labute approximate surface area is 114 Å². The van der Waals surface area contributed by atoms with Gasteiger partial charge < -0.3 is 14.6 Å². The molecule has 1 unspecified atom stereocenters. The first-order chi connectivity index (χ1) is 9.26. The van der Waals surface area contributed by atoms with E-state index in [4.69, 9.17) is 9.47 Å². The highest BCUT2D eigenvalue weighted by Gasteiger charge is 2.18. The molecule has 104 valence electrons. The molecule has 1 N–H and O–H groups in total. The van der Waals surface area contributed by atoms with Crippen LogP contribution in [0.25, 0.3) is 0 Å². The molecule has 0 amide bonds. The van der Waals surface area contributed by atoms with Gasteiger partial charge in [0.05, 0.1) is 13.2 Å². The first-order valence-electron chi connectivity index (χ1n) is 7.02. The second kappa shape index (κ2) is 6.62. The van der Waals surface area contributed by atoms with E-state index in [2.05, 4.69) is 6.08 Å². The third kappa shape index (κ3) is 3.29. The SMILES string of the molecule is CCOc1ccc(C(O)C2=CCCC2)cc1OCC. The summed E-state index contributed by atoms with van der Waals surface area (Å²) in [6.07, 6.45) is 4.82. The normalized spacial score (nSPS) is 16.1. The Bertz CT molecular complexity index is 451. The van der Waals surface area contributed by atoms with Gasteiger partial charge in [-0.25, -0.2) is 0 Å². The molecule has 0 fully saturated rings. The van der Waals surface area contributed by atoms with Crippen LogP contribution in [0.1, 0.15) is 44.8 Å². The Morgan fingerprint density at radius 1 is 1.16 bits per heavy atom. The maximum absolute atomic E-state index is 10.4. The van der Waals surface area contributed by atoms with Gasteiger partial charge in [-0.2, -0.15) is 0 Å². The summed E-state index contributed by atoms with van der Waals surface area (Å²) in [5.74, 6) is 1.44. The van der Waals surface area contributed by atoms with Crippen molar-refractivity contribution < 1.29 is 14.6 Å². The van der Waals surface area contributed by atoms with E-state index in [0.29, 0.717) is 19.0 Å².